The van der Waals surface area contributed by atoms with Crippen molar-refractivity contribution in [2.75, 3.05) is 0 Å². The van der Waals surface area contributed by atoms with Crippen LogP contribution in [0.25, 0.3) is 0 Å². The molecule has 1 aliphatic heterocycles. The predicted octanol–water partition coefficient (Wildman–Crippen LogP) is -0.155. The van der Waals surface area contributed by atoms with Gasteiger partial charge >= 0.3 is 112 Å². The van der Waals surface area contributed by atoms with Crippen molar-refractivity contribution in [1.29, 1.82) is 0 Å². The van der Waals surface area contributed by atoms with E-state index in [0.717, 1.165) is 71.5 Å². The zero-order chi connectivity index (χ0) is 9.19. The topological polar surface area (TPSA) is 0 Å². The van der Waals surface area contributed by atoms with E-state index in [1.807, 2.05) is 0 Å². The van der Waals surface area contributed by atoms with Crippen LogP contribution in [0, 0.1) is 0 Å². The van der Waals surface area contributed by atoms with Crippen LogP contribution in [0.5, 0.6) is 0 Å². The van der Waals surface area contributed by atoms with Crippen molar-refractivity contribution in [1.82, 2.24) is 0 Å². The van der Waals surface area contributed by atoms with E-state index in [2.05, 4.69) is 35.4 Å². The maximum absolute atomic E-state index is 2.39. The summed E-state index contributed by atoms with van der Waals surface area (Å²) in [4.78, 5) is 2.39. The van der Waals surface area contributed by atoms with Crippen LogP contribution in [0.2, 0.25) is 5.32 Å². The van der Waals surface area contributed by atoms with Gasteiger partial charge in [0.1, 0.15) is 0 Å². The van der Waals surface area contributed by atoms with E-state index in [4.69, 9.17) is 0 Å². The molecule has 0 nitrogen and oxygen atoms in total. The molecule has 0 amide bonds. The van der Waals surface area contributed by atoms with Crippen LogP contribution in [0.1, 0.15) is 0 Å². The molecule has 72 valence electrons. The molecule has 0 fully saturated rings. The monoisotopic (exact) mass is 572 g/mol. The first-order chi connectivity index (χ1) is 6.50. The van der Waals surface area contributed by atoms with Crippen molar-refractivity contribution in [2.24, 2.45) is 0 Å². The molecule has 0 radical (unpaired) electrons. The summed E-state index contributed by atoms with van der Waals surface area (Å²) in [5.41, 5.74) is 0. The third-order valence-corrected chi connectivity index (χ3v) is 77.7. The van der Waals surface area contributed by atoms with Crippen LogP contribution < -0.4 is 0 Å². The second-order valence-corrected chi connectivity index (χ2v) is 46.5. The quantitative estimate of drug-likeness (QED) is 0.359. The van der Waals surface area contributed by atoms with Crippen molar-refractivity contribution in [3.8, 4) is 0 Å². The van der Waals surface area contributed by atoms with Crippen LogP contribution in [0.3, 0.4) is 0 Å². The zero-order valence-corrected chi connectivity index (χ0v) is 16.9. The third-order valence-electron chi connectivity index (χ3n) is 0.939. The Bertz CT molecular complexity index is 177. The average molecular weight is 566 g/mol. The molecule has 1 aliphatic rings. The molecule has 1 rings (SSSR count). The van der Waals surface area contributed by atoms with E-state index in [1.54, 1.807) is 0 Å². The predicted molar refractivity (Wildman–Crippen MR) is 66.8 cm³/mol. The Labute approximate surface area is 110 Å². The van der Waals surface area contributed by atoms with E-state index in [9.17, 15) is 0 Å². The average Bonchev–Trinajstić information content (AvgIpc) is 2.18. The van der Waals surface area contributed by atoms with Crippen molar-refractivity contribution in [2.45, 2.75) is 5.32 Å². The van der Waals surface area contributed by atoms with Gasteiger partial charge in [0.25, 0.3) is 0 Å². The first-order valence-corrected chi connectivity index (χ1v) is 27.3. The fourth-order valence-electron chi connectivity index (χ4n) is 0.488. The number of hydrogen-bond donors (Lipinski definition) is 0. The molecule has 0 saturated heterocycles. The molecule has 1 heterocycles. The second-order valence-electron chi connectivity index (χ2n) is 1.79. The van der Waals surface area contributed by atoms with Gasteiger partial charge in [-0.1, -0.05) is 0 Å². The summed E-state index contributed by atoms with van der Waals surface area (Å²) in [5.74, 6) is 0. The molecule has 0 bridgehead atoms. The molecule has 0 aromatic heterocycles. The standard InChI is InChI=1S/C7H8Se6/c1-2-4-6-8-10-12-13-11-9-7-5-3-1/h1-6H,7H2/b2-1?,5-3?,6-4+. The van der Waals surface area contributed by atoms with E-state index < -0.39 is 0 Å². The van der Waals surface area contributed by atoms with Crippen LogP contribution in [-0.4, -0.2) is 71.5 Å². The van der Waals surface area contributed by atoms with Gasteiger partial charge in [-0.2, -0.15) is 0 Å². The summed E-state index contributed by atoms with van der Waals surface area (Å²) in [6.45, 7) is 0. The summed E-state index contributed by atoms with van der Waals surface area (Å²) in [6, 6.07) is 0. The molecule has 0 spiro atoms. The summed E-state index contributed by atoms with van der Waals surface area (Å²) in [7, 11) is 0. The molecule has 0 aliphatic carbocycles. The van der Waals surface area contributed by atoms with Gasteiger partial charge in [0.05, 0.1) is 0 Å². The Hall–Kier alpha value is 2.34. The molecular formula is C7H8Se6. The fraction of sp³-hybridized carbons (Fsp3) is 0.143. The molecule has 6 heteroatoms. The van der Waals surface area contributed by atoms with Crippen molar-refractivity contribution >= 4 is 71.5 Å². The van der Waals surface area contributed by atoms with E-state index in [1.165, 1.54) is 5.32 Å². The molecule has 0 saturated carbocycles. The fourth-order valence-corrected chi connectivity index (χ4v) is 122. The van der Waals surface area contributed by atoms with Gasteiger partial charge in [0, 0.05) is 0 Å². The van der Waals surface area contributed by atoms with E-state index >= 15 is 0 Å². The first-order valence-electron chi connectivity index (χ1n) is 3.43. The summed E-state index contributed by atoms with van der Waals surface area (Å²) < 4.78 is 0. The van der Waals surface area contributed by atoms with Crippen molar-refractivity contribution < 1.29 is 0 Å². The number of rotatable bonds is 0. The molecule has 0 aromatic rings. The third kappa shape index (κ3) is 9.28. The van der Waals surface area contributed by atoms with Crippen molar-refractivity contribution in [3.63, 3.8) is 0 Å². The Morgan fingerprint density at radius 1 is 0.769 bits per heavy atom. The molecule has 0 unspecified atom stereocenters. The van der Waals surface area contributed by atoms with Crippen molar-refractivity contribution in [3.05, 3.63) is 35.4 Å². The molecule has 13 heavy (non-hydrogen) atoms. The Kier molecular flexibility index (Phi) is 11.2. The summed E-state index contributed by atoms with van der Waals surface area (Å²) >= 11 is 6.13. The second kappa shape index (κ2) is 10.8. The minimum atomic E-state index is 0.861. The molecule has 0 atom stereocenters. The van der Waals surface area contributed by atoms with Gasteiger partial charge in [-0.15, -0.1) is 0 Å². The van der Waals surface area contributed by atoms with E-state index in [0.29, 0.717) is 0 Å². The molecule has 0 N–H and O–H groups in total. The zero-order valence-electron chi connectivity index (χ0n) is 6.62. The minimum absolute atomic E-state index is 0.861. The first kappa shape index (κ1) is 13.4. The van der Waals surface area contributed by atoms with Gasteiger partial charge in [0.2, 0.25) is 0 Å². The number of hydrogen-bond acceptors (Lipinski definition) is 0. The SMILES string of the molecule is C1=C/C=C/[Se][Se][Se][Se][Se][Se]CC=C1. The Morgan fingerprint density at radius 3 is 2.62 bits per heavy atom. The normalized spacial score (nSPS) is 22.8. The van der Waals surface area contributed by atoms with Crippen LogP contribution in [0.4, 0.5) is 0 Å². The Morgan fingerprint density at radius 2 is 1.62 bits per heavy atom. The van der Waals surface area contributed by atoms with Crippen LogP contribution >= 0.6 is 0 Å². The molecule has 0 aromatic carbocycles. The van der Waals surface area contributed by atoms with Crippen LogP contribution in [-0.2, 0) is 0 Å². The number of allylic oxidation sites excluding steroid dienone is 5. The van der Waals surface area contributed by atoms with Gasteiger partial charge in [-0.25, -0.2) is 0 Å². The summed E-state index contributed by atoms with van der Waals surface area (Å²) in [5, 5.41) is 1.37. The van der Waals surface area contributed by atoms with Gasteiger partial charge in [0.15, 0.2) is 0 Å². The van der Waals surface area contributed by atoms with Gasteiger partial charge in [-0.05, 0) is 0 Å². The molecular weight excluding hydrogens is 558 g/mol. The maximum atomic E-state index is 2.39. The summed E-state index contributed by atoms with van der Waals surface area (Å²) in [6.07, 6.45) is 11.1. The van der Waals surface area contributed by atoms with E-state index in [-0.39, 0.29) is 0 Å². The van der Waals surface area contributed by atoms with Gasteiger partial charge < -0.3 is 0 Å². The van der Waals surface area contributed by atoms with Crippen LogP contribution in [0.15, 0.2) is 35.4 Å². The van der Waals surface area contributed by atoms with Gasteiger partial charge in [-0.3, -0.25) is 0 Å². The Balaban J connectivity index is 2.29.